The van der Waals surface area contributed by atoms with Crippen molar-refractivity contribution < 1.29 is 17.9 Å². The average Bonchev–Trinajstić information content (AvgIpc) is 2.86. The molecule has 8 heteroatoms. The second kappa shape index (κ2) is 11.4. The van der Waals surface area contributed by atoms with Crippen LogP contribution in [-0.4, -0.2) is 33.2 Å². The number of ether oxygens (including phenoxy) is 1. The number of nitrogens with one attached hydrogen (secondary N) is 1. The van der Waals surface area contributed by atoms with Crippen molar-refractivity contribution in [2.45, 2.75) is 44.9 Å². The molecule has 7 nitrogen and oxygen atoms in total. The van der Waals surface area contributed by atoms with Crippen LogP contribution in [0.5, 0.6) is 5.75 Å². The first-order chi connectivity index (χ1) is 17.0. The molecule has 0 aliphatic heterocycles. The van der Waals surface area contributed by atoms with Gasteiger partial charge in [0.25, 0.3) is 15.9 Å². The minimum absolute atomic E-state index is 0.0310. The Balaban J connectivity index is 1.87. The van der Waals surface area contributed by atoms with Gasteiger partial charge in [-0.25, -0.2) is 13.8 Å². The van der Waals surface area contributed by atoms with E-state index in [9.17, 15) is 13.2 Å². The summed E-state index contributed by atoms with van der Waals surface area (Å²) in [6.07, 6.45) is 0. The highest BCUT2D eigenvalue weighted by atomic mass is 32.2. The first-order valence-corrected chi connectivity index (χ1v) is 13.2. The molecule has 3 aromatic rings. The fourth-order valence-electron chi connectivity index (χ4n) is 3.55. The van der Waals surface area contributed by atoms with Crippen molar-refractivity contribution >= 4 is 27.3 Å². The summed E-state index contributed by atoms with van der Waals surface area (Å²) < 4.78 is 33.8. The van der Waals surface area contributed by atoms with Gasteiger partial charge in [0.15, 0.2) is 0 Å². The summed E-state index contributed by atoms with van der Waals surface area (Å²) in [5, 5.41) is 4.21. The van der Waals surface area contributed by atoms with E-state index in [2.05, 4.69) is 31.3 Å². The molecule has 3 rings (SSSR count). The van der Waals surface area contributed by atoms with Crippen LogP contribution < -0.4 is 14.5 Å². The van der Waals surface area contributed by atoms with Crippen molar-refractivity contribution in [3.63, 3.8) is 0 Å². The number of para-hydroxylation sites is 2. The van der Waals surface area contributed by atoms with E-state index in [1.165, 1.54) is 17.7 Å². The number of benzene rings is 3. The average molecular weight is 508 g/mol. The number of carbonyl (C=O) groups is 1. The first kappa shape index (κ1) is 26.9. The topological polar surface area (TPSA) is 88.1 Å². The maximum atomic E-state index is 13.6. The summed E-state index contributed by atoms with van der Waals surface area (Å²) in [6, 6.07) is 22.7. The standard InChI is InChI=1S/C28H33N3O4S/c1-6-35-26-15-11-10-14-25(26)31(36(33,34)24-12-8-7-9-13-24)20-27(32)30-29-21(2)22-16-18-23(19-17-22)28(3,4)5/h7-19H,6,20H2,1-5H3,(H,30,32)/b29-21-. The summed E-state index contributed by atoms with van der Waals surface area (Å²) in [5.41, 5.74) is 5.47. The van der Waals surface area contributed by atoms with Crippen LogP contribution >= 0.6 is 0 Å². The highest BCUT2D eigenvalue weighted by molar-refractivity contribution is 7.92. The molecule has 0 aliphatic rings. The molecule has 0 aromatic heterocycles. The third kappa shape index (κ3) is 6.51. The number of carbonyl (C=O) groups excluding carboxylic acids is 1. The SMILES string of the molecule is CCOc1ccccc1N(CC(=O)N/N=C(/C)c1ccc(C(C)(C)C)cc1)S(=O)(=O)c1ccccc1. The lowest BCUT2D eigenvalue weighted by Crippen LogP contribution is -2.40. The maximum absolute atomic E-state index is 13.6. The zero-order valence-electron chi connectivity index (χ0n) is 21.4. The summed E-state index contributed by atoms with van der Waals surface area (Å²) in [6.45, 7) is 9.90. The number of hydrazone groups is 1. The van der Waals surface area contributed by atoms with Crippen LogP contribution in [0.3, 0.4) is 0 Å². The Hall–Kier alpha value is -3.65. The van der Waals surface area contributed by atoms with Gasteiger partial charge in [0, 0.05) is 0 Å². The molecule has 0 bridgehead atoms. The van der Waals surface area contributed by atoms with E-state index in [1.54, 1.807) is 49.4 Å². The number of sulfonamides is 1. The molecule has 190 valence electrons. The van der Waals surface area contributed by atoms with Crippen molar-refractivity contribution in [2.75, 3.05) is 17.5 Å². The molecule has 0 unspecified atom stereocenters. The van der Waals surface area contributed by atoms with Crippen LogP contribution in [0.25, 0.3) is 0 Å². The number of rotatable bonds is 9. The number of hydrogen-bond donors (Lipinski definition) is 1. The Morgan fingerprint density at radius 1 is 0.944 bits per heavy atom. The molecule has 0 atom stereocenters. The first-order valence-electron chi connectivity index (χ1n) is 11.8. The Morgan fingerprint density at radius 3 is 2.17 bits per heavy atom. The van der Waals surface area contributed by atoms with Crippen molar-refractivity contribution in [1.29, 1.82) is 0 Å². The van der Waals surface area contributed by atoms with E-state index in [0.717, 1.165) is 9.87 Å². The van der Waals surface area contributed by atoms with Crippen molar-refractivity contribution in [1.82, 2.24) is 5.43 Å². The molecule has 0 saturated heterocycles. The molecule has 0 spiro atoms. The lowest BCUT2D eigenvalue weighted by Gasteiger charge is -2.25. The summed E-state index contributed by atoms with van der Waals surface area (Å²) >= 11 is 0. The van der Waals surface area contributed by atoms with Crippen molar-refractivity contribution in [3.05, 3.63) is 90.0 Å². The highest BCUT2D eigenvalue weighted by Crippen LogP contribution is 2.32. The van der Waals surface area contributed by atoms with Crippen LogP contribution in [-0.2, 0) is 20.2 Å². The highest BCUT2D eigenvalue weighted by Gasteiger charge is 2.29. The molecule has 3 aromatic carbocycles. The van der Waals surface area contributed by atoms with Gasteiger partial charge in [-0.15, -0.1) is 0 Å². The smallest absolute Gasteiger partial charge is 0.264 e. The minimum atomic E-state index is -4.06. The molecule has 36 heavy (non-hydrogen) atoms. The largest absolute Gasteiger partial charge is 0.492 e. The van der Waals surface area contributed by atoms with Gasteiger partial charge in [-0.2, -0.15) is 5.10 Å². The normalized spacial score (nSPS) is 12.2. The van der Waals surface area contributed by atoms with Crippen molar-refractivity contribution in [2.24, 2.45) is 5.10 Å². The predicted molar refractivity (Wildman–Crippen MR) is 144 cm³/mol. The molecular formula is C28H33N3O4S. The Morgan fingerprint density at radius 2 is 1.56 bits per heavy atom. The van der Waals surface area contributed by atoms with E-state index in [4.69, 9.17) is 4.74 Å². The number of hydrogen-bond acceptors (Lipinski definition) is 5. The fourth-order valence-corrected chi connectivity index (χ4v) is 5.00. The van der Waals surface area contributed by atoms with Gasteiger partial charge in [-0.05, 0) is 54.7 Å². The molecule has 0 heterocycles. The van der Waals surface area contributed by atoms with Crippen LogP contribution in [0.4, 0.5) is 5.69 Å². The Kier molecular flexibility index (Phi) is 8.53. The lowest BCUT2D eigenvalue weighted by molar-refractivity contribution is -0.119. The molecule has 0 aliphatic carbocycles. The molecule has 0 saturated carbocycles. The minimum Gasteiger partial charge on any atom is -0.492 e. The van der Waals surface area contributed by atoms with Crippen LogP contribution in [0.1, 0.15) is 45.7 Å². The second-order valence-electron chi connectivity index (χ2n) is 9.29. The monoisotopic (exact) mass is 507 g/mol. The fraction of sp³-hybridized carbons (Fsp3) is 0.286. The molecule has 0 radical (unpaired) electrons. The Bertz CT molecular complexity index is 1310. The number of amides is 1. The van der Waals surface area contributed by atoms with Gasteiger partial charge in [0.2, 0.25) is 0 Å². The maximum Gasteiger partial charge on any atom is 0.264 e. The summed E-state index contributed by atoms with van der Waals surface area (Å²) in [7, 11) is -4.06. The third-order valence-electron chi connectivity index (χ3n) is 5.57. The van der Waals surface area contributed by atoms with Gasteiger partial charge in [-0.1, -0.05) is 75.4 Å². The molecule has 0 fully saturated rings. The molecular weight excluding hydrogens is 474 g/mol. The van der Waals surface area contributed by atoms with Gasteiger partial charge in [0.1, 0.15) is 12.3 Å². The van der Waals surface area contributed by atoms with Gasteiger partial charge in [-0.3, -0.25) is 9.10 Å². The van der Waals surface area contributed by atoms with E-state index < -0.39 is 22.5 Å². The quantitative estimate of drug-likeness (QED) is 0.322. The molecule has 1 N–H and O–H groups in total. The van der Waals surface area contributed by atoms with Crippen LogP contribution in [0, 0.1) is 0 Å². The predicted octanol–water partition coefficient (Wildman–Crippen LogP) is 5.12. The zero-order valence-corrected chi connectivity index (χ0v) is 22.2. The van der Waals surface area contributed by atoms with Gasteiger partial charge < -0.3 is 4.74 Å². The van der Waals surface area contributed by atoms with Gasteiger partial charge in [0.05, 0.1) is 22.9 Å². The Labute approximate surface area is 213 Å². The zero-order chi connectivity index (χ0) is 26.3. The lowest BCUT2D eigenvalue weighted by atomic mass is 9.86. The second-order valence-corrected chi connectivity index (χ2v) is 11.1. The van der Waals surface area contributed by atoms with E-state index >= 15 is 0 Å². The van der Waals surface area contributed by atoms with E-state index in [0.29, 0.717) is 18.1 Å². The van der Waals surface area contributed by atoms with Crippen LogP contribution in [0.15, 0.2) is 88.9 Å². The van der Waals surface area contributed by atoms with Crippen LogP contribution in [0.2, 0.25) is 0 Å². The summed E-state index contributed by atoms with van der Waals surface area (Å²) in [4.78, 5) is 13.0. The molecule has 1 amide bonds. The number of anilines is 1. The van der Waals surface area contributed by atoms with E-state index in [1.807, 2.05) is 31.2 Å². The number of nitrogens with zero attached hydrogens (tertiary/aromatic N) is 2. The van der Waals surface area contributed by atoms with Gasteiger partial charge >= 0.3 is 0 Å². The third-order valence-corrected chi connectivity index (χ3v) is 7.34. The van der Waals surface area contributed by atoms with E-state index in [-0.39, 0.29) is 16.0 Å². The summed E-state index contributed by atoms with van der Waals surface area (Å²) in [5.74, 6) is -0.211. The van der Waals surface area contributed by atoms with Crippen molar-refractivity contribution in [3.8, 4) is 5.75 Å².